The Hall–Kier alpha value is -1.44. The van der Waals surface area contributed by atoms with E-state index in [1.165, 1.54) is 0 Å². The molecule has 0 bridgehead atoms. The van der Waals surface area contributed by atoms with Crippen LogP contribution in [0.25, 0.3) is 0 Å². The van der Waals surface area contributed by atoms with Gasteiger partial charge in [-0.05, 0) is 51.1 Å². The minimum Gasteiger partial charge on any atom is -0.382 e. The number of ether oxygens (including phenoxy) is 1. The minimum absolute atomic E-state index is 0.0424. The summed E-state index contributed by atoms with van der Waals surface area (Å²) < 4.78 is 7.37. The largest absolute Gasteiger partial charge is 0.382 e. The predicted molar refractivity (Wildman–Crippen MR) is 106 cm³/mol. The first-order valence-corrected chi connectivity index (χ1v) is 10.5. The van der Waals surface area contributed by atoms with Gasteiger partial charge in [0.1, 0.15) is 5.69 Å². The molecule has 3 rings (SSSR count). The lowest BCUT2D eigenvalue weighted by molar-refractivity contribution is 0.0838. The first kappa shape index (κ1) is 20.3. The van der Waals surface area contributed by atoms with Crippen LogP contribution in [-0.4, -0.2) is 72.6 Å². The Kier molecular flexibility index (Phi) is 7.67. The van der Waals surface area contributed by atoms with Crippen molar-refractivity contribution >= 4 is 5.91 Å². The van der Waals surface area contributed by atoms with Crippen LogP contribution in [0.15, 0.2) is 12.3 Å². The Labute approximate surface area is 162 Å². The predicted octanol–water partition coefficient (Wildman–Crippen LogP) is 1.67. The number of piperidine rings is 2. The quantitative estimate of drug-likeness (QED) is 0.675. The summed E-state index contributed by atoms with van der Waals surface area (Å²) in [6, 6.07) is 2.43. The molecule has 2 fully saturated rings. The van der Waals surface area contributed by atoms with Crippen LogP contribution in [0.1, 0.15) is 56.1 Å². The van der Waals surface area contributed by atoms with Gasteiger partial charge in [-0.2, -0.15) is 5.10 Å². The van der Waals surface area contributed by atoms with Crippen LogP contribution in [0.2, 0.25) is 0 Å². The number of rotatable bonds is 8. The topological polar surface area (TPSA) is 71.4 Å². The molecule has 2 saturated heterocycles. The van der Waals surface area contributed by atoms with Gasteiger partial charge in [-0.3, -0.25) is 9.48 Å². The number of nitrogens with one attached hydrogen (secondary N) is 2. The van der Waals surface area contributed by atoms with Gasteiger partial charge in [0.15, 0.2) is 0 Å². The first-order valence-electron chi connectivity index (χ1n) is 10.5. The average molecular weight is 378 g/mol. The molecule has 0 aromatic carbocycles. The summed E-state index contributed by atoms with van der Waals surface area (Å²) in [5.41, 5.74) is 0.534. The van der Waals surface area contributed by atoms with Gasteiger partial charge < -0.3 is 20.3 Å². The second kappa shape index (κ2) is 10.2. The molecule has 152 valence electrons. The number of carbonyl (C=O) groups excluding carboxylic acids is 1. The SMILES string of the molecule is CCOCCCN1CCC(NC(=O)c2ccn(C3CCCNC3)n2)C(C)C1. The lowest BCUT2D eigenvalue weighted by atomic mass is 9.93. The number of aromatic nitrogens is 2. The third-order valence-electron chi connectivity index (χ3n) is 5.76. The highest BCUT2D eigenvalue weighted by Crippen LogP contribution is 2.19. The van der Waals surface area contributed by atoms with E-state index in [9.17, 15) is 4.79 Å². The van der Waals surface area contributed by atoms with Gasteiger partial charge in [0.05, 0.1) is 6.04 Å². The fourth-order valence-electron chi connectivity index (χ4n) is 4.15. The zero-order valence-corrected chi connectivity index (χ0v) is 16.8. The zero-order chi connectivity index (χ0) is 19.1. The van der Waals surface area contributed by atoms with E-state index in [4.69, 9.17) is 4.74 Å². The number of likely N-dealkylation sites (tertiary alicyclic amines) is 1. The molecule has 27 heavy (non-hydrogen) atoms. The molecule has 2 aliphatic rings. The van der Waals surface area contributed by atoms with E-state index in [2.05, 4.69) is 27.6 Å². The molecule has 1 amide bonds. The second-order valence-electron chi connectivity index (χ2n) is 7.88. The summed E-state index contributed by atoms with van der Waals surface area (Å²) in [4.78, 5) is 15.1. The molecule has 0 radical (unpaired) electrons. The highest BCUT2D eigenvalue weighted by Gasteiger charge is 2.28. The maximum atomic E-state index is 12.6. The van der Waals surface area contributed by atoms with Crippen molar-refractivity contribution in [2.24, 2.45) is 5.92 Å². The number of nitrogens with zero attached hydrogens (tertiary/aromatic N) is 3. The molecule has 1 aromatic rings. The molecule has 2 aliphatic heterocycles. The highest BCUT2D eigenvalue weighted by molar-refractivity contribution is 5.92. The molecule has 7 nitrogen and oxygen atoms in total. The third-order valence-corrected chi connectivity index (χ3v) is 5.76. The molecular weight excluding hydrogens is 342 g/mol. The maximum absolute atomic E-state index is 12.6. The van der Waals surface area contributed by atoms with Gasteiger partial charge in [-0.1, -0.05) is 6.92 Å². The van der Waals surface area contributed by atoms with Gasteiger partial charge in [-0.15, -0.1) is 0 Å². The van der Waals surface area contributed by atoms with E-state index >= 15 is 0 Å². The highest BCUT2D eigenvalue weighted by atomic mass is 16.5. The Bertz CT molecular complexity index is 585. The Balaban J connectivity index is 1.45. The standard InChI is InChI=1S/C20H35N5O2/c1-3-27-13-5-10-24-11-7-18(16(2)15-24)22-20(26)19-8-12-25(23-19)17-6-4-9-21-14-17/h8,12,16-18,21H,3-7,9-11,13-15H2,1-2H3,(H,22,26). The summed E-state index contributed by atoms with van der Waals surface area (Å²) in [6.07, 6.45) is 6.29. The number of hydrogen-bond donors (Lipinski definition) is 2. The Morgan fingerprint density at radius 3 is 3.07 bits per heavy atom. The summed E-state index contributed by atoms with van der Waals surface area (Å²) in [5, 5.41) is 11.1. The molecule has 7 heteroatoms. The normalized spacial score (nSPS) is 26.8. The fourth-order valence-corrected chi connectivity index (χ4v) is 4.15. The van der Waals surface area contributed by atoms with Gasteiger partial charge in [0, 0.05) is 51.6 Å². The fraction of sp³-hybridized carbons (Fsp3) is 0.800. The van der Waals surface area contributed by atoms with E-state index in [0.717, 1.165) is 71.6 Å². The van der Waals surface area contributed by atoms with Crippen molar-refractivity contribution in [1.29, 1.82) is 0 Å². The lowest BCUT2D eigenvalue weighted by Crippen LogP contribution is -2.50. The summed E-state index contributed by atoms with van der Waals surface area (Å²) in [7, 11) is 0. The van der Waals surface area contributed by atoms with Crippen LogP contribution in [0.3, 0.4) is 0 Å². The van der Waals surface area contributed by atoms with E-state index in [1.807, 2.05) is 23.9 Å². The van der Waals surface area contributed by atoms with Crippen LogP contribution in [0, 0.1) is 5.92 Å². The molecule has 2 N–H and O–H groups in total. The van der Waals surface area contributed by atoms with E-state index < -0.39 is 0 Å². The average Bonchev–Trinajstić information content (AvgIpc) is 3.18. The van der Waals surface area contributed by atoms with E-state index in [0.29, 0.717) is 17.7 Å². The molecular formula is C20H35N5O2. The van der Waals surface area contributed by atoms with E-state index in [-0.39, 0.29) is 11.9 Å². The lowest BCUT2D eigenvalue weighted by Gasteiger charge is -2.37. The summed E-state index contributed by atoms with van der Waals surface area (Å²) in [5.74, 6) is 0.401. The van der Waals surface area contributed by atoms with Crippen molar-refractivity contribution in [1.82, 2.24) is 25.3 Å². The van der Waals surface area contributed by atoms with Crippen molar-refractivity contribution < 1.29 is 9.53 Å². The number of carbonyl (C=O) groups is 1. The van der Waals surface area contributed by atoms with Crippen molar-refractivity contribution in [3.63, 3.8) is 0 Å². The first-order chi connectivity index (χ1) is 13.2. The molecule has 0 spiro atoms. The molecule has 0 aliphatic carbocycles. The Morgan fingerprint density at radius 1 is 1.44 bits per heavy atom. The van der Waals surface area contributed by atoms with Gasteiger partial charge >= 0.3 is 0 Å². The second-order valence-corrected chi connectivity index (χ2v) is 7.88. The van der Waals surface area contributed by atoms with Crippen LogP contribution < -0.4 is 10.6 Å². The van der Waals surface area contributed by atoms with Crippen molar-refractivity contribution in [2.75, 3.05) is 45.9 Å². The smallest absolute Gasteiger partial charge is 0.272 e. The molecule has 3 atom stereocenters. The van der Waals surface area contributed by atoms with Crippen molar-refractivity contribution in [2.45, 2.75) is 51.6 Å². The molecule has 3 heterocycles. The van der Waals surface area contributed by atoms with E-state index in [1.54, 1.807) is 0 Å². The maximum Gasteiger partial charge on any atom is 0.272 e. The Morgan fingerprint density at radius 2 is 2.33 bits per heavy atom. The van der Waals surface area contributed by atoms with Crippen molar-refractivity contribution in [3.8, 4) is 0 Å². The third kappa shape index (κ3) is 5.77. The van der Waals surface area contributed by atoms with Crippen LogP contribution in [0.5, 0.6) is 0 Å². The zero-order valence-electron chi connectivity index (χ0n) is 16.8. The van der Waals surface area contributed by atoms with Crippen LogP contribution >= 0.6 is 0 Å². The molecule has 1 aromatic heterocycles. The molecule has 0 saturated carbocycles. The van der Waals surface area contributed by atoms with Crippen LogP contribution in [-0.2, 0) is 4.74 Å². The number of hydrogen-bond acceptors (Lipinski definition) is 5. The molecule has 3 unspecified atom stereocenters. The van der Waals surface area contributed by atoms with Gasteiger partial charge in [0.25, 0.3) is 5.91 Å². The number of amides is 1. The van der Waals surface area contributed by atoms with Gasteiger partial charge in [-0.25, -0.2) is 0 Å². The monoisotopic (exact) mass is 377 g/mol. The van der Waals surface area contributed by atoms with Crippen molar-refractivity contribution in [3.05, 3.63) is 18.0 Å². The minimum atomic E-state index is -0.0424. The van der Waals surface area contributed by atoms with Gasteiger partial charge in [0.2, 0.25) is 0 Å². The van der Waals surface area contributed by atoms with Crippen LogP contribution in [0.4, 0.5) is 0 Å². The summed E-state index contributed by atoms with van der Waals surface area (Å²) in [6.45, 7) is 11.0. The summed E-state index contributed by atoms with van der Waals surface area (Å²) >= 11 is 0.